The van der Waals surface area contributed by atoms with Gasteiger partial charge in [-0.05, 0) is 6.92 Å². The first-order chi connectivity index (χ1) is 9.24. The lowest BCUT2D eigenvalue weighted by atomic mass is 10.3. The van der Waals surface area contributed by atoms with E-state index in [0.717, 1.165) is 18.7 Å². The number of H-pyrrole nitrogens is 2. The molecule has 0 fully saturated rings. The molecule has 3 aromatic heterocycles. The first-order valence-corrected chi connectivity index (χ1v) is 5.90. The predicted molar refractivity (Wildman–Crippen MR) is 69.1 cm³/mol. The highest BCUT2D eigenvalue weighted by Gasteiger charge is 2.06. The molecule has 0 aliphatic rings. The number of aromatic amines is 2. The smallest absolute Gasteiger partial charge is 0.349 e. The van der Waals surface area contributed by atoms with Crippen molar-refractivity contribution in [1.29, 1.82) is 0 Å². The molecule has 8 nitrogen and oxygen atoms in total. The second-order valence-electron chi connectivity index (χ2n) is 4.16. The number of hydrogen-bond donors (Lipinski definition) is 3. The highest BCUT2D eigenvalue weighted by molar-refractivity contribution is 5.49. The molecule has 3 rings (SSSR count). The van der Waals surface area contributed by atoms with Gasteiger partial charge < -0.3 is 10.3 Å². The molecule has 0 aliphatic heterocycles. The number of aryl methyl sites for hydroxylation is 1. The predicted octanol–water partition coefficient (Wildman–Crippen LogP) is 0.104. The molecule has 0 saturated carbocycles. The fraction of sp³-hybridized carbons (Fsp3) is 0.273. The monoisotopic (exact) mass is 259 g/mol. The maximum absolute atomic E-state index is 11.5. The fourth-order valence-electron chi connectivity index (χ4n) is 1.93. The number of nitrogens with zero attached hydrogens (tertiary/aromatic N) is 4. The van der Waals surface area contributed by atoms with Gasteiger partial charge in [-0.1, -0.05) is 0 Å². The molecule has 3 aromatic rings. The molecule has 0 saturated heterocycles. The minimum atomic E-state index is -0.274. The van der Waals surface area contributed by atoms with Gasteiger partial charge in [0.15, 0.2) is 5.65 Å². The van der Waals surface area contributed by atoms with Crippen LogP contribution in [0.3, 0.4) is 0 Å². The number of aromatic nitrogens is 6. The van der Waals surface area contributed by atoms with E-state index in [0.29, 0.717) is 17.3 Å². The zero-order valence-electron chi connectivity index (χ0n) is 10.3. The third-order valence-electron chi connectivity index (χ3n) is 2.83. The topological polar surface area (TPSA) is 104 Å². The Kier molecular flexibility index (Phi) is 2.75. The van der Waals surface area contributed by atoms with Crippen LogP contribution in [0.1, 0.15) is 11.5 Å². The van der Waals surface area contributed by atoms with E-state index in [1.807, 2.05) is 0 Å². The maximum atomic E-state index is 11.5. The minimum Gasteiger partial charge on any atom is -0.370 e. The Hall–Kier alpha value is -2.64. The molecule has 3 N–H and O–H groups in total. The standard InChI is InChI=1S/C11H13N7O/c1-7-15-9(4-10-16-17-11(19)18(7)10)13-3-2-8-5-12-6-14-8/h4-6,13H,2-3H2,1H3,(H,12,14)(H,17,19). The quantitative estimate of drug-likeness (QED) is 0.616. The van der Waals surface area contributed by atoms with Crippen LogP contribution < -0.4 is 11.0 Å². The van der Waals surface area contributed by atoms with E-state index in [1.165, 1.54) is 4.40 Å². The number of nitrogens with one attached hydrogen (secondary N) is 3. The van der Waals surface area contributed by atoms with E-state index in [9.17, 15) is 4.79 Å². The summed E-state index contributed by atoms with van der Waals surface area (Å²) in [6, 6.07) is 1.73. The van der Waals surface area contributed by atoms with E-state index in [2.05, 4.69) is 30.5 Å². The Balaban J connectivity index is 1.76. The van der Waals surface area contributed by atoms with Crippen molar-refractivity contribution >= 4 is 11.5 Å². The lowest BCUT2D eigenvalue weighted by Crippen LogP contribution is -2.14. The van der Waals surface area contributed by atoms with Gasteiger partial charge in [-0.3, -0.25) is 0 Å². The van der Waals surface area contributed by atoms with Gasteiger partial charge in [0.2, 0.25) is 0 Å². The zero-order chi connectivity index (χ0) is 13.2. The summed E-state index contributed by atoms with van der Waals surface area (Å²) < 4.78 is 1.43. The third kappa shape index (κ3) is 2.19. The highest BCUT2D eigenvalue weighted by Crippen LogP contribution is 2.07. The molecule has 0 aromatic carbocycles. The summed E-state index contributed by atoms with van der Waals surface area (Å²) in [4.78, 5) is 22.8. The van der Waals surface area contributed by atoms with E-state index in [-0.39, 0.29) is 5.69 Å². The molecule has 0 atom stereocenters. The molecule has 8 heteroatoms. The fourth-order valence-corrected chi connectivity index (χ4v) is 1.93. The summed E-state index contributed by atoms with van der Waals surface area (Å²) in [6.07, 6.45) is 4.26. The average Bonchev–Trinajstić information content (AvgIpc) is 3.00. The molecular weight excluding hydrogens is 246 g/mol. The van der Waals surface area contributed by atoms with Crippen molar-refractivity contribution < 1.29 is 0 Å². The molecule has 0 bridgehead atoms. The summed E-state index contributed by atoms with van der Waals surface area (Å²) in [5, 5.41) is 9.52. The van der Waals surface area contributed by atoms with Crippen molar-refractivity contribution in [2.45, 2.75) is 13.3 Å². The maximum Gasteiger partial charge on any atom is 0.349 e. The van der Waals surface area contributed by atoms with E-state index in [1.54, 1.807) is 25.5 Å². The van der Waals surface area contributed by atoms with Crippen LogP contribution in [0.2, 0.25) is 0 Å². The van der Waals surface area contributed by atoms with Gasteiger partial charge in [-0.15, -0.1) is 0 Å². The van der Waals surface area contributed by atoms with Crippen molar-refractivity contribution in [3.63, 3.8) is 0 Å². The van der Waals surface area contributed by atoms with Gasteiger partial charge in [0.25, 0.3) is 0 Å². The molecule has 98 valence electrons. The number of anilines is 1. The molecule has 0 aliphatic carbocycles. The van der Waals surface area contributed by atoms with E-state index in [4.69, 9.17) is 0 Å². The lowest BCUT2D eigenvalue weighted by molar-refractivity contribution is 0.920. The van der Waals surface area contributed by atoms with Crippen molar-refractivity contribution in [3.8, 4) is 0 Å². The Morgan fingerprint density at radius 1 is 1.47 bits per heavy atom. The van der Waals surface area contributed by atoms with Crippen molar-refractivity contribution in [2.75, 3.05) is 11.9 Å². The van der Waals surface area contributed by atoms with Crippen LogP contribution in [0.15, 0.2) is 23.4 Å². The summed E-state index contributed by atoms with van der Waals surface area (Å²) in [5.41, 5.74) is 1.34. The van der Waals surface area contributed by atoms with Gasteiger partial charge in [0, 0.05) is 30.9 Å². The number of rotatable bonds is 4. The van der Waals surface area contributed by atoms with Crippen molar-refractivity contribution in [2.24, 2.45) is 0 Å². The van der Waals surface area contributed by atoms with Gasteiger partial charge in [0.05, 0.1) is 6.33 Å². The first kappa shape index (κ1) is 11.5. The highest BCUT2D eigenvalue weighted by atomic mass is 16.1. The molecule has 0 unspecified atom stereocenters. The van der Waals surface area contributed by atoms with E-state index >= 15 is 0 Å². The average molecular weight is 259 g/mol. The minimum absolute atomic E-state index is 0.274. The summed E-state index contributed by atoms with van der Waals surface area (Å²) in [7, 11) is 0. The summed E-state index contributed by atoms with van der Waals surface area (Å²) in [5.74, 6) is 1.30. The van der Waals surface area contributed by atoms with Crippen LogP contribution in [-0.4, -0.2) is 36.1 Å². The summed E-state index contributed by atoms with van der Waals surface area (Å²) >= 11 is 0. The van der Waals surface area contributed by atoms with Crippen molar-refractivity contribution in [3.05, 3.63) is 40.6 Å². The molecule has 19 heavy (non-hydrogen) atoms. The van der Waals surface area contributed by atoms with Crippen LogP contribution in [0.25, 0.3) is 5.65 Å². The molecule has 3 heterocycles. The van der Waals surface area contributed by atoms with Crippen LogP contribution in [0.4, 0.5) is 5.82 Å². The normalized spacial score (nSPS) is 11.0. The number of fused-ring (bicyclic) bond motifs is 1. The van der Waals surface area contributed by atoms with Crippen LogP contribution in [-0.2, 0) is 6.42 Å². The van der Waals surface area contributed by atoms with Gasteiger partial charge in [0.1, 0.15) is 11.6 Å². The summed E-state index contributed by atoms with van der Waals surface area (Å²) in [6.45, 7) is 2.49. The molecule has 0 amide bonds. The lowest BCUT2D eigenvalue weighted by Gasteiger charge is -2.06. The Labute approximate surface area is 107 Å². The number of imidazole rings is 1. The Morgan fingerprint density at radius 2 is 2.37 bits per heavy atom. The molecular formula is C11H13N7O. The molecule has 0 spiro atoms. The zero-order valence-corrected chi connectivity index (χ0v) is 10.3. The van der Waals surface area contributed by atoms with Gasteiger partial charge >= 0.3 is 5.69 Å². The second-order valence-corrected chi connectivity index (χ2v) is 4.16. The van der Waals surface area contributed by atoms with E-state index < -0.39 is 0 Å². The van der Waals surface area contributed by atoms with Crippen molar-refractivity contribution in [1.82, 2.24) is 29.5 Å². The Morgan fingerprint density at radius 3 is 3.16 bits per heavy atom. The van der Waals surface area contributed by atoms with Gasteiger partial charge in [-0.25, -0.2) is 24.3 Å². The second kappa shape index (κ2) is 4.56. The van der Waals surface area contributed by atoms with Crippen LogP contribution in [0.5, 0.6) is 0 Å². The molecule has 0 radical (unpaired) electrons. The number of hydrogen-bond acceptors (Lipinski definition) is 5. The van der Waals surface area contributed by atoms with Crippen LogP contribution in [0, 0.1) is 6.92 Å². The first-order valence-electron chi connectivity index (χ1n) is 5.90. The van der Waals surface area contributed by atoms with Crippen LogP contribution >= 0.6 is 0 Å². The largest absolute Gasteiger partial charge is 0.370 e. The Bertz CT molecular complexity index is 740. The SMILES string of the molecule is Cc1nc(NCCc2cnc[nH]2)cc2n[nH]c(=O)n12. The van der Waals surface area contributed by atoms with Gasteiger partial charge in [-0.2, -0.15) is 5.10 Å². The third-order valence-corrected chi connectivity index (χ3v) is 2.83.